The minimum Gasteiger partial charge on any atom is -0.444 e. The van der Waals surface area contributed by atoms with Crippen molar-refractivity contribution in [2.75, 3.05) is 27.2 Å². The average molecular weight is 260 g/mol. The Hall–Kier alpha value is -0.810. The molecule has 0 aromatic rings. The van der Waals surface area contributed by atoms with E-state index in [0.717, 1.165) is 19.4 Å². The number of rotatable bonds is 6. The number of hydrogen-bond acceptors (Lipinski definition) is 3. The number of ether oxygens (including phenoxy) is 1. The van der Waals surface area contributed by atoms with Crippen molar-refractivity contribution in [1.29, 1.82) is 0 Å². The van der Waals surface area contributed by atoms with Crippen LogP contribution in [0.5, 0.6) is 0 Å². The molecule has 0 spiro atoms. The Morgan fingerprint density at radius 1 is 1.39 bits per heavy atom. The van der Waals surface area contributed by atoms with Gasteiger partial charge in [-0.1, -0.05) is 6.92 Å². The fourth-order valence-corrected chi connectivity index (χ4v) is 1.87. The smallest absolute Gasteiger partial charge is 0.412 e. The molecule has 5 heteroatoms. The highest BCUT2D eigenvalue weighted by Gasteiger charge is 2.29. The Bertz CT molecular complexity index is 259. The van der Waals surface area contributed by atoms with E-state index in [1.807, 2.05) is 20.8 Å². The fourth-order valence-electron chi connectivity index (χ4n) is 1.87. The van der Waals surface area contributed by atoms with E-state index in [9.17, 15) is 4.79 Å². The lowest BCUT2D eigenvalue weighted by molar-refractivity contribution is -0.917. The number of alkyl carbamates (subject to hydrolysis) is 1. The van der Waals surface area contributed by atoms with Crippen molar-refractivity contribution in [1.82, 2.24) is 5.32 Å². The molecule has 5 nitrogen and oxygen atoms in total. The molecule has 0 aliphatic carbocycles. The molecule has 0 rings (SSSR count). The van der Waals surface area contributed by atoms with Gasteiger partial charge in [-0.3, -0.25) is 5.32 Å². The summed E-state index contributed by atoms with van der Waals surface area (Å²) >= 11 is 0. The molecule has 0 aromatic heterocycles. The predicted molar refractivity (Wildman–Crippen MR) is 74.1 cm³/mol. The first-order valence-corrected chi connectivity index (χ1v) is 6.64. The Morgan fingerprint density at radius 3 is 2.33 bits per heavy atom. The molecule has 0 heterocycles. The van der Waals surface area contributed by atoms with Gasteiger partial charge >= 0.3 is 6.09 Å². The normalized spacial score (nSPS) is 14.2. The minimum absolute atomic E-state index is 0.0476. The first-order chi connectivity index (χ1) is 8.12. The lowest BCUT2D eigenvalue weighted by Crippen LogP contribution is -2.58. The predicted octanol–water partition coefficient (Wildman–Crippen LogP) is 1.67. The second-order valence-corrected chi connectivity index (χ2v) is 6.21. The van der Waals surface area contributed by atoms with Crippen LogP contribution in [0.4, 0.5) is 4.79 Å². The molecular formula is C13H30N3O2+. The maximum Gasteiger partial charge on any atom is 0.412 e. The third-order valence-electron chi connectivity index (χ3n) is 2.85. The van der Waals surface area contributed by atoms with E-state index in [4.69, 9.17) is 10.5 Å². The number of quaternary nitrogens is 1. The van der Waals surface area contributed by atoms with E-state index >= 15 is 0 Å². The van der Waals surface area contributed by atoms with Crippen molar-refractivity contribution in [2.45, 2.75) is 52.3 Å². The zero-order valence-corrected chi connectivity index (χ0v) is 12.7. The molecule has 1 unspecified atom stereocenters. The largest absolute Gasteiger partial charge is 0.444 e. The van der Waals surface area contributed by atoms with E-state index in [0.29, 0.717) is 11.0 Å². The van der Waals surface area contributed by atoms with Gasteiger partial charge in [0.25, 0.3) is 0 Å². The van der Waals surface area contributed by atoms with Crippen molar-refractivity contribution in [3.8, 4) is 0 Å². The number of amides is 1. The van der Waals surface area contributed by atoms with Crippen LogP contribution in [0.25, 0.3) is 0 Å². The van der Waals surface area contributed by atoms with E-state index in [1.54, 1.807) is 0 Å². The summed E-state index contributed by atoms with van der Waals surface area (Å²) in [6.45, 7) is 9.26. The van der Waals surface area contributed by atoms with Crippen molar-refractivity contribution in [2.24, 2.45) is 5.73 Å². The molecule has 0 aromatic carbocycles. The van der Waals surface area contributed by atoms with Crippen LogP contribution in [0.3, 0.4) is 0 Å². The SMILES string of the molecule is CCC(NC(=O)OC(C)(C)C)[N+](C)(C)CCCN. The van der Waals surface area contributed by atoms with Gasteiger partial charge in [0.2, 0.25) is 0 Å². The summed E-state index contributed by atoms with van der Waals surface area (Å²) in [5.74, 6) is 0. The molecule has 0 radical (unpaired) electrons. The Balaban J connectivity index is 4.45. The highest BCUT2D eigenvalue weighted by Crippen LogP contribution is 2.11. The maximum absolute atomic E-state index is 11.8. The Kier molecular flexibility index (Phi) is 6.63. The monoisotopic (exact) mass is 260 g/mol. The standard InChI is InChI=1S/C13H29N3O2/c1-7-11(16(5,6)10-8-9-14)15-12(17)18-13(2,3)4/h11H,7-10,14H2,1-6H3/p+1. The number of nitrogens with one attached hydrogen (secondary N) is 1. The number of hydrogen-bond donors (Lipinski definition) is 2. The zero-order chi connectivity index (χ0) is 14.4. The summed E-state index contributed by atoms with van der Waals surface area (Å²) in [5, 5.41) is 2.94. The van der Waals surface area contributed by atoms with Crippen LogP contribution in [-0.4, -0.2) is 49.5 Å². The molecule has 0 saturated carbocycles. The first-order valence-electron chi connectivity index (χ1n) is 6.64. The summed E-state index contributed by atoms with van der Waals surface area (Å²) in [6, 6.07) is 0. The second-order valence-electron chi connectivity index (χ2n) is 6.21. The van der Waals surface area contributed by atoms with Gasteiger partial charge < -0.3 is 15.0 Å². The molecule has 1 atom stereocenters. The van der Waals surface area contributed by atoms with E-state index < -0.39 is 5.60 Å². The average Bonchev–Trinajstić information content (AvgIpc) is 2.20. The molecule has 0 bridgehead atoms. The molecule has 0 saturated heterocycles. The number of carbonyl (C=O) groups is 1. The van der Waals surface area contributed by atoms with Gasteiger partial charge in [0.05, 0.1) is 20.6 Å². The van der Waals surface area contributed by atoms with Gasteiger partial charge in [0.1, 0.15) is 5.60 Å². The number of nitrogens with two attached hydrogens (primary N) is 1. The Labute approximate surface area is 111 Å². The van der Waals surface area contributed by atoms with Gasteiger partial charge in [-0.2, -0.15) is 0 Å². The summed E-state index contributed by atoms with van der Waals surface area (Å²) in [6.07, 6.45) is 1.50. The molecule has 0 aliphatic rings. The van der Waals surface area contributed by atoms with Crippen molar-refractivity contribution in [3.63, 3.8) is 0 Å². The van der Waals surface area contributed by atoms with Gasteiger partial charge in [-0.25, -0.2) is 4.79 Å². The van der Waals surface area contributed by atoms with E-state index in [-0.39, 0.29) is 12.3 Å². The molecule has 18 heavy (non-hydrogen) atoms. The lowest BCUT2D eigenvalue weighted by atomic mass is 10.2. The highest BCUT2D eigenvalue weighted by molar-refractivity contribution is 5.67. The van der Waals surface area contributed by atoms with Gasteiger partial charge in [0.15, 0.2) is 6.17 Å². The van der Waals surface area contributed by atoms with Crippen LogP contribution in [0.1, 0.15) is 40.5 Å². The third kappa shape index (κ3) is 6.81. The molecule has 1 amide bonds. The van der Waals surface area contributed by atoms with Crippen LogP contribution in [0.15, 0.2) is 0 Å². The van der Waals surface area contributed by atoms with Crippen molar-refractivity contribution in [3.05, 3.63) is 0 Å². The van der Waals surface area contributed by atoms with Crippen LogP contribution in [0.2, 0.25) is 0 Å². The molecule has 3 N–H and O–H groups in total. The topological polar surface area (TPSA) is 64.3 Å². The molecule has 108 valence electrons. The quantitative estimate of drug-likeness (QED) is 0.564. The summed E-state index contributed by atoms with van der Waals surface area (Å²) in [4.78, 5) is 11.8. The highest BCUT2D eigenvalue weighted by atomic mass is 16.6. The summed E-state index contributed by atoms with van der Waals surface area (Å²) < 4.78 is 6.00. The second kappa shape index (κ2) is 6.95. The summed E-state index contributed by atoms with van der Waals surface area (Å²) in [7, 11) is 4.20. The van der Waals surface area contributed by atoms with Crippen molar-refractivity contribution >= 4 is 6.09 Å². The van der Waals surface area contributed by atoms with Gasteiger partial charge in [-0.15, -0.1) is 0 Å². The molecule has 0 aliphatic heterocycles. The van der Waals surface area contributed by atoms with E-state index in [2.05, 4.69) is 26.3 Å². The van der Waals surface area contributed by atoms with Crippen LogP contribution >= 0.6 is 0 Å². The van der Waals surface area contributed by atoms with Gasteiger partial charge in [0, 0.05) is 12.8 Å². The first kappa shape index (κ1) is 17.2. The lowest BCUT2D eigenvalue weighted by Gasteiger charge is -2.38. The number of nitrogens with zero attached hydrogens (tertiary/aromatic N) is 1. The van der Waals surface area contributed by atoms with Crippen LogP contribution in [-0.2, 0) is 4.74 Å². The zero-order valence-electron chi connectivity index (χ0n) is 12.7. The van der Waals surface area contributed by atoms with E-state index in [1.165, 1.54) is 0 Å². The minimum atomic E-state index is -0.462. The maximum atomic E-state index is 11.8. The molecular weight excluding hydrogens is 230 g/mol. The van der Waals surface area contributed by atoms with Crippen LogP contribution < -0.4 is 11.1 Å². The molecule has 0 fully saturated rings. The fraction of sp³-hybridized carbons (Fsp3) is 0.923. The van der Waals surface area contributed by atoms with Gasteiger partial charge in [-0.05, 0) is 27.3 Å². The third-order valence-corrected chi connectivity index (χ3v) is 2.85. The Morgan fingerprint density at radius 2 is 1.94 bits per heavy atom. The van der Waals surface area contributed by atoms with Crippen molar-refractivity contribution < 1.29 is 14.0 Å². The summed E-state index contributed by atoms with van der Waals surface area (Å²) in [5.41, 5.74) is 5.08. The number of carbonyl (C=O) groups excluding carboxylic acids is 1. The van der Waals surface area contributed by atoms with Crippen LogP contribution in [0, 0.1) is 0 Å².